The van der Waals surface area contributed by atoms with Crippen molar-refractivity contribution in [3.05, 3.63) is 17.8 Å². The molecule has 186 valence electrons. The van der Waals surface area contributed by atoms with Crippen LogP contribution >= 0.6 is 23.4 Å². The van der Waals surface area contributed by atoms with Crippen molar-refractivity contribution in [2.24, 2.45) is 0 Å². The number of nitrogens with zero attached hydrogens (tertiary/aromatic N) is 4. The third kappa shape index (κ3) is 5.84. The van der Waals surface area contributed by atoms with Crippen molar-refractivity contribution in [2.45, 2.75) is 94.7 Å². The zero-order valence-electron chi connectivity index (χ0n) is 21.6. The summed E-state index contributed by atoms with van der Waals surface area (Å²) in [5.74, 6) is 0. The van der Waals surface area contributed by atoms with Gasteiger partial charge in [-0.05, 0) is 36.3 Å². The molecule has 0 N–H and O–H groups in total. The van der Waals surface area contributed by atoms with E-state index >= 15 is 0 Å². The Morgan fingerprint density at radius 1 is 0.970 bits per heavy atom. The first-order valence-electron chi connectivity index (χ1n) is 11.5. The van der Waals surface area contributed by atoms with E-state index in [2.05, 4.69) is 82.7 Å². The van der Waals surface area contributed by atoms with Crippen LogP contribution in [0.4, 0.5) is 0 Å². The summed E-state index contributed by atoms with van der Waals surface area (Å²) in [5, 5.41) is 0.776. The largest absolute Gasteiger partial charge is 0.416 e. The van der Waals surface area contributed by atoms with Crippen LogP contribution in [-0.4, -0.2) is 60.7 Å². The molecular formula is C22H39ClN4O3SSi2. The van der Waals surface area contributed by atoms with Crippen molar-refractivity contribution < 1.29 is 13.6 Å². The van der Waals surface area contributed by atoms with Crippen LogP contribution in [0.5, 0.6) is 0 Å². The summed E-state index contributed by atoms with van der Waals surface area (Å²) in [5.41, 5.74) is 0.975. The molecule has 7 nitrogen and oxygen atoms in total. The molecule has 0 aromatic carbocycles. The molecule has 3 rings (SSSR count). The molecule has 0 aliphatic carbocycles. The summed E-state index contributed by atoms with van der Waals surface area (Å²) in [6.07, 6.45) is 3.10. The Morgan fingerprint density at radius 2 is 1.55 bits per heavy atom. The second-order valence-corrected chi connectivity index (χ2v) is 23.0. The molecule has 2 aromatic heterocycles. The fraction of sp³-hybridized carbons (Fsp3) is 0.773. The highest BCUT2D eigenvalue weighted by Crippen LogP contribution is 2.44. The van der Waals surface area contributed by atoms with Crippen LogP contribution in [-0.2, 0) is 13.6 Å². The quantitative estimate of drug-likeness (QED) is 0.299. The van der Waals surface area contributed by atoms with E-state index in [-0.39, 0.29) is 27.0 Å². The SMILES string of the molecule is CC(C)(C)[Si](C)(C)OC[C@H]1O[C@@H](n2cnc3c(Cl)ncnc32)S[C@@H]1CO[Si](C)(C)C(C)(C)C. The number of thioether (sulfide) groups is 1. The van der Waals surface area contributed by atoms with Gasteiger partial charge in [0.05, 0.1) is 18.0 Å². The summed E-state index contributed by atoms with van der Waals surface area (Å²) in [7, 11) is -3.80. The molecule has 1 saturated heterocycles. The Bertz CT molecular complexity index is 937. The minimum absolute atomic E-state index is 0.0892. The van der Waals surface area contributed by atoms with Gasteiger partial charge in [-0.1, -0.05) is 64.9 Å². The number of imidazole rings is 1. The number of ether oxygens (including phenoxy) is 1. The molecule has 1 aliphatic rings. The molecule has 0 unspecified atom stereocenters. The standard InChI is InChI=1S/C22H39ClN4O3SSi2/c1-21(2,3)32(7,8)28-11-15-16(12-29-33(9,10)22(4,5)6)31-20(30-15)27-14-26-17-18(23)24-13-25-19(17)27/h13-16,20H,11-12H2,1-10H3/t15-,16-,20-/m1/s1. The fourth-order valence-corrected chi connectivity index (χ4v) is 6.52. The molecule has 0 bridgehead atoms. The highest BCUT2D eigenvalue weighted by molar-refractivity contribution is 8.00. The zero-order chi connectivity index (χ0) is 24.8. The molecule has 3 heterocycles. The second kappa shape index (κ2) is 9.52. The highest BCUT2D eigenvalue weighted by Gasteiger charge is 2.44. The molecule has 0 radical (unpaired) electrons. The van der Waals surface area contributed by atoms with Gasteiger partial charge in [-0.15, -0.1) is 0 Å². The predicted octanol–water partition coefficient (Wildman–Crippen LogP) is 6.48. The third-order valence-electron chi connectivity index (χ3n) is 7.37. The van der Waals surface area contributed by atoms with E-state index in [1.807, 2.05) is 4.57 Å². The zero-order valence-corrected chi connectivity index (χ0v) is 25.2. The highest BCUT2D eigenvalue weighted by atomic mass is 35.5. The average molecular weight is 531 g/mol. The third-order valence-corrected chi connectivity index (χ3v) is 18.0. The van der Waals surface area contributed by atoms with Gasteiger partial charge in [-0.25, -0.2) is 15.0 Å². The lowest BCUT2D eigenvalue weighted by molar-refractivity contribution is -0.0126. The summed E-state index contributed by atoms with van der Waals surface area (Å²) in [6, 6.07) is 0. The molecule has 0 saturated carbocycles. The van der Waals surface area contributed by atoms with Crippen molar-refractivity contribution in [3.63, 3.8) is 0 Å². The van der Waals surface area contributed by atoms with Crippen molar-refractivity contribution in [2.75, 3.05) is 13.2 Å². The summed E-state index contributed by atoms with van der Waals surface area (Å²) in [4.78, 5) is 12.8. The Hall–Kier alpha value is -0.496. The average Bonchev–Trinajstić information content (AvgIpc) is 3.27. The van der Waals surface area contributed by atoms with E-state index in [0.717, 1.165) is 0 Å². The lowest BCUT2D eigenvalue weighted by Crippen LogP contribution is -2.46. The number of rotatable bonds is 7. The van der Waals surface area contributed by atoms with Gasteiger partial charge in [0.1, 0.15) is 18.2 Å². The number of hydrogen-bond donors (Lipinski definition) is 0. The van der Waals surface area contributed by atoms with Crippen LogP contribution in [0, 0.1) is 0 Å². The van der Waals surface area contributed by atoms with Crippen molar-refractivity contribution in [1.29, 1.82) is 0 Å². The fourth-order valence-electron chi connectivity index (χ4n) is 2.92. The van der Waals surface area contributed by atoms with E-state index < -0.39 is 16.6 Å². The summed E-state index contributed by atoms with van der Waals surface area (Å²) >= 11 is 7.95. The van der Waals surface area contributed by atoms with Crippen molar-refractivity contribution >= 4 is 51.2 Å². The van der Waals surface area contributed by atoms with Crippen LogP contribution < -0.4 is 0 Å². The van der Waals surface area contributed by atoms with Crippen LogP contribution in [0.25, 0.3) is 11.2 Å². The monoisotopic (exact) mass is 530 g/mol. The summed E-state index contributed by atoms with van der Waals surface area (Å²) in [6.45, 7) is 23.9. The van der Waals surface area contributed by atoms with E-state index in [1.54, 1.807) is 18.1 Å². The van der Waals surface area contributed by atoms with E-state index in [1.165, 1.54) is 6.33 Å². The normalized spacial score (nSPS) is 22.9. The van der Waals surface area contributed by atoms with E-state index in [9.17, 15) is 0 Å². The first-order valence-corrected chi connectivity index (χ1v) is 18.6. The Morgan fingerprint density at radius 3 is 2.12 bits per heavy atom. The van der Waals surface area contributed by atoms with Gasteiger partial charge in [0.2, 0.25) is 0 Å². The lowest BCUT2D eigenvalue weighted by Gasteiger charge is -2.38. The molecule has 2 aromatic rings. The molecule has 0 spiro atoms. The first-order chi connectivity index (χ1) is 15.0. The number of hydrogen-bond acceptors (Lipinski definition) is 7. The van der Waals surface area contributed by atoms with Crippen molar-refractivity contribution in [1.82, 2.24) is 19.5 Å². The smallest absolute Gasteiger partial charge is 0.192 e. The van der Waals surface area contributed by atoms with Gasteiger partial charge < -0.3 is 13.6 Å². The second-order valence-electron chi connectivity index (χ2n) is 11.8. The first kappa shape index (κ1) is 27.1. The van der Waals surface area contributed by atoms with Crippen LogP contribution in [0.15, 0.2) is 12.7 Å². The lowest BCUT2D eigenvalue weighted by atomic mass is 10.2. The van der Waals surface area contributed by atoms with Gasteiger partial charge in [0, 0.05) is 6.61 Å². The molecular weight excluding hydrogens is 492 g/mol. The van der Waals surface area contributed by atoms with E-state index in [0.29, 0.717) is 29.5 Å². The van der Waals surface area contributed by atoms with Gasteiger partial charge in [-0.3, -0.25) is 4.57 Å². The maximum atomic E-state index is 6.60. The summed E-state index contributed by atoms with van der Waals surface area (Å²) < 4.78 is 21.6. The molecule has 33 heavy (non-hydrogen) atoms. The topological polar surface area (TPSA) is 71.3 Å². The van der Waals surface area contributed by atoms with Crippen LogP contribution in [0.3, 0.4) is 0 Å². The number of aromatic nitrogens is 4. The van der Waals surface area contributed by atoms with Gasteiger partial charge in [0.15, 0.2) is 33.0 Å². The maximum Gasteiger partial charge on any atom is 0.192 e. The van der Waals surface area contributed by atoms with Gasteiger partial charge >= 0.3 is 0 Å². The van der Waals surface area contributed by atoms with Crippen molar-refractivity contribution in [3.8, 4) is 0 Å². The molecule has 0 amide bonds. The minimum atomic E-state index is -1.91. The minimum Gasteiger partial charge on any atom is -0.416 e. The van der Waals surface area contributed by atoms with E-state index in [4.69, 9.17) is 25.2 Å². The number of halogens is 1. The predicted molar refractivity (Wildman–Crippen MR) is 142 cm³/mol. The van der Waals surface area contributed by atoms with Crippen LogP contribution in [0.1, 0.15) is 47.1 Å². The molecule has 1 aliphatic heterocycles. The maximum absolute atomic E-state index is 6.60. The number of fused-ring (bicyclic) bond motifs is 1. The molecule has 3 atom stereocenters. The molecule has 1 fully saturated rings. The Kier molecular flexibility index (Phi) is 7.81. The Labute approximate surface area is 209 Å². The molecule has 11 heteroatoms. The Balaban J connectivity index is 1.82. The van der Waals surface area contributed by atoms with Gasteiger partial charge in [-0.2, -0.15) is 0 Å². The van der Waals surface area contributed by atoms with Gasteiger partial charge in [0.25, 0.3) is 0 Å². The van der Waals surface area contributed by atoms with Crippen LogP contribution in [0.2, 0.25) is 41.4 Å².